The van der Waals surface area contributed by atoms with E-state index in [1.807, 2.05) is 12.1 Å². The molecular formula is C18H24N2O. The number of carbonyl (C=O) groups excluding carboxylic acids is 1. The predicted octanol–water partition coefficient (Wildman–Crippen LogP) is 3.38. The predicted molar refractivity (Wildman–Crippen MR) is 84.4 cm³/mol. The quantitative estimate of drug-likeness (QED) is 0.903. The van der Waals surface area contributed by atoms with Crippen molar-refractivity contribution in [1.29, 1.82) is 0 Å². The van der Waals surface area contributed by atoms with E-state index in [9.17, 15) is 4.79 Å². The topological polar surface area (TPSA) is 32.3 Å². The van der Waals surface area contributed by atoms with Crippen LogP contribution in [0.2, 0.25) is 0 Å². The molecule has 2 atom stereocenters. The van der Waals surface area contributed by atoms with Gasteiger partial charge in [-0.2, -0.15) is 0 Å². The molecule has 1 N–H and O–H groups in total. The van der Waals surface area contributed by atoms with Crippen molar-refractivity contribution in [2.75, 3.05) is 18.4 Å². The van der Waals surface area contributed by atoms with Gasteiger partial charge in [0.05, 0.1) is 5.92 Å². The summed E-state index contributed by atoms with van der Waals surface area (Å²) >= 11 is 0. The number of benzene rings is 1. The van der Waals surface area contributed by atoms with Crippen LogP contribution in [-0.4, -0.2) is 29.9 Å². The summed E-state index contributed by atoms with van der Waals surface area (Å²) in [6.45, 7) is 1.74. The van der Waals surface area contributed by atoms with E-state index in [1.54, 1.807) is 0 Å². The van der Waals surface area contributed by atoms with Crippen LogP contribution in [0.4, 0.5) is 5.69 Å². The van der Waals surface area contributed by atoms with Crippen LogP contribution >= 0.6 is 0 Å². The number of carbonyl (C=O) groups is 1. The molecule has 3 nitrogen and oxygen atoms in total. The van der Waals surface area contributed by atoms with Crippen molar-refractivity contribution in [2.24, 2.45) is 5.92 Å². The van der Waals surface area contributed by atoms with Crippen LogP contribution < -0.4 is 5.32 Å². The van der Waals surface area contributed by atoms with E-state index in [2.05, 4.69) is 22.3 Å². The Morgan fingerprint density at radius 1 is 1.10 bits per heavy atom. The van der Waals surface area contributed by atoms with Crippen molar-refractivity contribution in [3.8, 4) is 0 Å². The highest BCUT2D eigenvalue weighted by Gasteiger charge is 2.40. The van der Waals surface area contributed by atoms with E-state index in [4.69, 9.17) is 0 Å². The van der Waals surface area contributed by atoms with Gasteiger partial charge < -0.3 is 10.2 Å². The Kier molecular flexibility index (Phi) is 3.36. The highest BCUT2D eigenvalue weighted by molar-refractivity contribution is 5.88. The molecule has 1 amide bonds. The average Bonchev–Trinajstić information content (AvgIpc) is 3.25. The molecule has 1 saturated heterocycles. The van der Waals surface area contributed by atoms with E-state index in [-0.39, 0.29) is 5.92 Å². The van der Waals surface area contributed by atoms with Gasteiger partial charge in [0, 0.05) is 24.8 Å². The first-order valence-corrected chi connectivity index (χ1v) is 8.48. The van der Waals surface area contributed by atoms with Crippen LogP contribution in [0.3, 0.4) is 0 Å². The third kappa shape index (κ3) is 2.23. The van der Waals surface area contributed by atoms with Gasteiger partial charge in [0.15, 0.2) is 0 Å². The lowest BCUT2D eigenvalue weighted by atomic mass is 9.94. The number of anilines is 1. The molecule has 0 radical (unpaired) electrons. The normalized spacial score (nSPS) is 28.7. The van der Waals surface area contributed by atoms with Gasteiger partial charge in [0.2, 0.25) is 5.91 Å². The fourth-order valence-corrected chi connectivity index (χ4v) is 4.60. The smallest absolute Gasteiger partial charge is 0.232 e. The molecule has 1 aromatic rings. The van der Waals surface area contributed by atoms with Crippen LogP contribution in [0.1, 0.15) is 50.0 Å². The maximum Gasteiger partial charge on any atom is 0.232 e. The van der Waals surface area contributed by atoms with Crippen LogP contribution in [0, 0.1) is 5.92 Å². The molecule has 2 aliphatic heterocycles. The van der Waals surface area contributed by atoms with Crippen LogP contribution in [0.5, 0.6) is 0 Å². The first-order valence-electron chi connectivity index (χ1n) is 8.48. The van der Waals surface area contributed by atoms with Crippen molar-refractivity contribution < 1.29 is 4.79 Å². The number of rotatable bonds is 2. The maximum atomic E-state index is 13.1. The second kappa shape index (κ2) is 5.36. The lowest BCUT2D eigenvalue weighted by Crippen LogP contribution is -2.42. The number of fused-ring (bicyclic) bond motifs is 1. The van der Waals surface area contributed by atoms with E-state index in [0.717, 1.165) is 24.7 Å². The van der Waals surface area contributed by atoms with Crippen molar-refractivity contribution in [3.63, 3.8) is 0 Å². The summed E-state index contributed by atoms with van der Waals surface area (Å²) in [6.07, 6.45) is 7.78. The average molecular weight is 284 g/mol. The summed E-state index contributed by atoms with van der Waals surface area (Å²) in [5.74, 6) is 1.16. The number of nitrogens with zero attached hydrogens (tertiary/aromatic N) is 1. The Hall–Kier alpha value is -1.51. The zero-order chi connectivity index (χ0) is 14.2. The minimum atomic E-state index is 0.0307. The Labute approximate surface area is 126 Å². The zero-order valence-electron chi connectivity index (χ0n) is 12.6. The molecular weight excluding hydrogens is 260 g/mol. The fourth-order valence-electron chi connectivity index (χ4n) is 4.60. The number of amides is 1. The monoisotopic (exact) mass is 284 g/mol. The largest absolute Gasteiger partial charge is 0.384 e. The van der Waals surface area contributed by atoms with Gasteiger partial charge in [0.25, 0.3) is 0 Å². The molecule has 2 unspecified atom stereocenters. The van der Waals surface area contributed by atoms with Crippen LogP contribution in [0.25, 0.3) is 0 Å². The molecule has 0 aromatic heterocycles. The number of para-hydroxylation sites is 1. The summed E-state index contributed by atoms with van der Waals surface area (Å²) in [7, 11) is 0. The van der Waals surface area contributed by atoms with E-state index in [0.29, 0.717) is 11.9 Å². The summed E-state index contributed by atoms with van der Waals surface area (Å²) in [4.78, 5) is 15.3. The second-order valence-corrected chi connectivity index (χ2v) is 6.81. The summed E-state index contributed by atoms with van der Waals surface area (Å²) < 4.78 is 0. The molecule has 3 heteroatoms. The van der Waals surface area contributed by atoms with Crippen molar-refractivity contribution in [3.05, 3.63) is 29.8 Å². The van der Waals surface area contributed by atoms with Crippen LogP contribution in [0.15, 0.2) is 24.3 Å². The Morgan fingerprint density at radius 2 is 1.90 bits per heavy atom. The Bertz CT molecular complexity index is 536. The zero-order valence-corrected chi connectivity index (χ0v) is 12.6. The lowest BCUT2D eigenvalue weighted by Gasteiger charge is -2.31. The third-order valence-electron chi connectivity index (χ3n) is 5.66. The van der Waals surface area contributed by atoms with E-state index < -0.39 is 0 Å². The Balaban J connectivity index is 1.54. The summed E-state index contributed by atoms with van der Waals surface area (Å²) in [5.41, 5.74) is 2.34. The highest BCUT2D eigenvalue weighted by Crippen LogP contribution is 2.39. The molecule has 1 aliphatic carbocycles. The molecule has 2 fully saturated rings. The fraction of sp³-hybridized carbons (Fsp3) is 0.611. The molecule has 0 spiro atoms. The molecule has 3 aliphatic rings. The molecule has 1 aromatic carbocycles. The molecule has 4 rings (SSSR count). The SMILES string of the molecule is O=C(C1CNc2ccccc21)N1CCCC1C1CCCC1. The van der Waals surface area contributed by atoms with E-state index >= 15 is 0 Å². The minimum absolute atomic E-state index is 0.0307. The summed E-state index contributed by atoms with van der Waals surface area (Å²) in [6, 6.07) is 8.80. The number of likely N-dealkylation sites (tertiary alicyclic amines) is 1. The highest BCUT2D eigenvalue weighted by atomic mass is 16.2. The van der Waals surface area contributed by atoms with Crippen molar-refractivity contribution in [2.45, 2.75) is 50.5 Å². The molecule has 112 valence electrons. The molecule has 0 bridgehead atoms. The third-order valence-corrected chi connectivity index (χ3v) is 5.66. The van der Waals surface area contributed by atoms with E-state index in [1.165, 1.54) is 44.1 Å². The lowest BCUT2D eigenvalue weighted by molar-refractivity contribution is -0.134. The summed E-state index contributed by atoms with van der Waals surface area (Å²) in [5, 5.41) is 3.39. The van der Waals surface area contributed by atoms with Gasteiger partial charge in [0.1, 0.15) is 0 Å². The van der Waals surface area contributed by atoms with Gasteiger partial charge in [-0.1, -0.05) is 31.0 Å². The van der Waals surface area contributed by atoms with Crippen molar-refractivity contribution in [1.82, 2.24) is 4.90 Å². The standard InChI is InChI=1S/C18H24N2O/c21-18(15-12-19-16-9-4-3-8-14(15)16)20-11-5-10-17(20)13-6-1-2-7-13/h3-4,8-9,13,15,17,19H,1-2,5-7,10-12H2. The molecule has 2 heterocycles. The van der Waals surface area contributed by atoms with Gasteiger partial charge in [-0.3, -0.25) is 4.79 Å². The van der Waals surface area contributed by atoms with Crippen LogP contribution in [-0.2, 0) is 4.79 Å². The number of hydrogen-bond acceptors (Lipinski definition) is 2. The van der Waals surface area contributed by atoms with Gasteiger partial charge in [-0.15, -0.1) is 0 Å². The number of nitrogens with one attached hydrogen (secondary N) is 1. The second-order valence-electron chi connectivity index (χ2n) is 6.81. The number of hydrogen-bond donors (Lipinski definition) is 1. The minimum Gasteiger partial charge on any atom is -0.384 e. The van der Waals surface area contributed by atoms with Crippen molar-refractivity contribution >= 4 is 11.6 Å². The first-order chi connectivity index (χ1) is 10.3. The Morgan fingerprint density at radius 3 is 2.76 bits per heavy atom. The van der Waals surface area contributed by atoms with Gasteiger partial charge in [-0.25, -0.2) is 0 Å². The van der Waals surface area contributed by atoms with Gasteiger partial charge in [-0.05, 0) is 43.2 Å². The first kappa shape index (κ1) is 13.2. The molecule has 21 heavy (non-hydrogen) atoms. The van der Waals surface area contributed by atoms with Gasteiger partial charge >= 0.3 is 0 Å². The molecule has 1 saturated carbocycles. The maximum absolute atomic E-state index is 13.1.